The Labute approximate surface area is 250 Å². The van der Waals surface area contributed by atoms with Crippen LogP contribution in [0.1, 0.15) is 51.7 Å². The molecular weight excluding hydrogens is 585 g/mol. The summed E-state index contributed by atoms with van der Waals surface area (Å²) in [5.41, 5.74) is -2.74. The van der Waals surface area contributed by atoms with Crippen LogP contribution in [-0.4, -0.2) is 62.4 Å². The molecule has 2 saturated carbocycles. The maximum absolute atomic E-state index is 14.5. The summed E-state index contributed by atoms with van der Waals surface area (Å²) in [6.45, 7) is 9.75. The molecule has 1 amide bonds. The summed E-state index contributed by atoms with van der Waals surface area (Å²) in [4.78, 5) is 26.3. The molecule has 12 heteroatoms. The molecule has 8 nitrogen and oxygen atoms in total. The van der Waals surface area contributed by atoms with E-state index in [0.29, 0.717) is 23.4 Å². The van der Waals surface area contributed by atoms with E-state index < -0.39 is 63.3 Å². The van der Waals surface area contributed by atoms with Gasteiger partial charge in [0.05, 0.1) is 29.8 Å². The Morgan fingerprint density at radius 3 is 2.21 bits per heavy atom. The molecule has 0 N–H and O–H groups in total. The zero-order valence-electron chi connectivity index (χ0n) is 25.1. The molecule has 43 heavy (non-hydrogen) atoms. The second-order valence-corrected chi connectivity index (χ2v) is 14.5. The van der Waals surface area contributed by atoms with Crippen molar-refractivity contribution < 1.29 is 40.7 Å². The molecule has 0 unspecified atom stereocenters. The number of halogens is 3. The summed E-state index contributed by atoms with van der Waals surface area (Å²) in [5.74, 6) is -1.98. The molecule has 0 radical (unpaired) electrons. The number of rotatable bonds is 7. The molecule has 0 aromatic heterocycles. The number of nitrogens with zero attached hydrogens (tertiary/aromatic N) is 2. The van der Waals surface area contributed by atoms with E-state index in [1.165, 1.54) is 23.4 Å². The quantitative estimate of drug-likeness (QED) is 0.278. The highest BCUT2D eigenvalue weighted by Gasteiger charge is 2.80. The molecule has 1 aliphatic heterocycles. The lowest BCUT2D eigenvalue weighted by molar-refractivity contribution is -0.201. The molecule has 234 valence electrons. The predicted molar refractivity (Wildman–Crippen MR) is 153 cm³/mol. The van der Waals surface area contributed by atoms with Gasteiger partial charge in [0.15, 0.2) is 0 Å². The molecule has 5 rings (SSSR count). The highest BCUT2D eigenvalue weighted by atomic mass is 32.2. The van der Waals surface area contributed by atoms with E-state index in [1.807, 2.05) is 40.7 Å². The zero-order chi connectivity index (χ0) is 31.8. The van der Waals surface area contributed by atoms with Gasteiger partial charge in [0.1, 0.15) is 6.10 Å². The number of sulfonamides is 1. The van der Waals surface area contributed by atoms with E-state index in [2.05, 4.69) is 0 Å². The Balaban J connectivity index is 1.66. The largest absolute Gasteiger partial charge is 0.457 e. The van der Waals surface area contributed by atoms with Crippen molar-refractivity contribution in [1.29, 1.82) is 0 Å². The number of benzene rings is 2. The first-order valence-corrected chi connectivity index (χ1v) is 15.8. The predicted octanol–water partition coefficient (Wildman–Crippen LogP) is 6.01. The van der Waals surface area contributed by atoms with Crippen LogP contribution in [0, 0.1) is 30.6 Å². The third kappa shape index (κ3) is 4.58. The van der Waals surface area contributed by atoms with Crippen LogP contribution in [0.4, 0.5) is 23.7 Å². The fourth-order valence-corrected chi connectivity index (χ4v) is 9.05. The number of fused-ring (bicyclic) bond motifs is 2. The summed E-state index contributed by atoms with van der Waals surface area (Å²) < 4.78 is 84.3. The lowest BCUT2D eigenvalue weighted by Gasteiger charge is -2.43. The van der Waals surface area contributed by atoms with Crippen LogP contribution in [0.2, 0.25) is 0 Å². The average Bonchev–Trinajstić information content (AvgIpc) is 3.61. The minimum Gasteiger partial charge on any atom is -0.457 e. The first kappa shape index (κ1) is 31.2. The number of aryl methyl sites for hydroxylation is 2. The fourth-order valence-electron chi connectivity index (χ4n) is 7.36. The van der Waals surface area contributed by atoms with E-state index in [4.69, 9.17) is 9.47 Å². The van der Waals surface area contributed by atoms with Gasteiger partial charge in [0, 0.05) is 5.41 Å². The monoisotopic (exact) mass is 622 g/mol. The molecule has 1 heterocycles. The number of anilines is 1. The number of hydrogen-bond acceptors (Lipinski definition) is 6. The van der Waals surface area contributed by atoms with Gasteiger partial charge in [-0.25, -0.2) is 18.0 Å². The van der Waals surface area contributed by atoms with Crippen molar-refractivity contribution in [3.8, 4) is 0 Å². The van der Waals surface area contributed by atoms with E-state index in [-0.39, 0.29) is 17.4 Å². The third-order valence-electron chi connectivity index (χ3n) is 10.0. The van der Waals surface area contributed by atoms with E-state index in [9.17, 15) is 31.2 Å². The van der Waals surface area contributed by atoms with Gasteiger partial charge in [0.2, 0.25) is 0 Å². The number of hydrogen-bond donors (Lipinski definition) is 0. The summed E-state index contributed by atoms with van der Waals surface area (Å²) in [7, 11) is -4.28. The van der Waals surface area contributed by atoms with Crippen LogP contribution in [0.5, 0.6) is 0 Å². The van der Waals surface area contributed by atoms with Gasteiger partial charge in [0.25, 0.3) is 15.6 Å². The van der Waals surface area contributed by atoms with Gasteiger partial charge in [-0.15, -0.1) is 0 Å². The van der Waals surface area contributed by atoms with Crippen molar-refractivity contribution in [1.82, 2.24) is 4.90 Å². The van der Waals surface area contributed by atoms with Crippen molar-refractivity contribution in [2.24, 2.45) is 16.7 Å². The van der Waals surface area contributed by atoms with Crippen LogP contribution in [0.25, 0.3) is 0 Å². The molecule has 5 atom stereocenters. The Morgan fingerprint density at radius 1 is 1.05 bits per heavy atom. The Bertz CT molecular complexity index is 1530. The summed E-state index contributed by atoms with van der Waals surface area (Å²) in [6.07, 6.45) is -6.53. The zero-order valence-corrected chi connectivity index (χ0v) is 25.9. The normalized spacial score (nSPS) is 29.3. The van der Waals surface area contributed by atoms with Gasteiger partial charge in [-0.05, 0) is 80.3 Å². The van der Waals surface area contributed by atoms with Gasteiger partial charge in [-0.2, -0.15) is 13.2 Å². The molecule has 2 bridgehead atoms. The van der Waals surface area contributed by atoms with E-state index >= 15 is 0 Å². The van der Waals surface area contributed by atoms with Gasteiger partial charge in [-0.3, -0.25) is 9.21 Å². The highest BCUT2D eigenvalue weighted by molar-refractivity contribution is 7.92. The minimum atomic E-state index is -5.14. The van der Waals surface area contributed by atoms with Crippen molar-refractivity contribution in [2.75, 3.05) is 17.5 Å². The fraction of sp³-hybridized carbons (Fsp3) is 0.548. The molecule has 3 aliphatic rings. The van der Waals surface area contributed by atoms with Crippen molar-refractivity contribution in [3.63, 3.8) is 0 Å². The van der Waals surface area contributed by atoms with Crippen LogP contribution in [0.15, 0.2) is 53.4 Å². The van der Waals surface area contributed by atoms with Crippen LogP contribution >= 0.6 is 0 Å². The number of amides is 1. The van der Waals surface area contributed by atoms with Gasteiger partial charge >= 0.3 is 18.2 Å². The topological polar surface area (TPSA) is 93.0 Å². The number of ether oxygens (including phenoxy) is 2. The van der Waals surface area contributed by atoms with Gasteiger partial charge < -0.3 is 9.47 Å². The standard InChI is InChI=1S/C31H37F3N2O6S/c1-7-41-27(38)35-18-30(35,31(32,33)34)26(37)42-25-24(23-13-14-29(25,6)28(23,4)5)36(21-16-19(2)15-20(3)17-21)43(39,40)22-11-9-8-10-12-22/h8-12,15-17,23-25H,7,13-14,18H2,1-6H3/t23-,24-,25-,29+,30+,35?/m1/s1. The number of carbonyl (C=O) groups excluding carboxylic acids is 2. The molecule has 2 aromatic rings. The Kier molecular flexibility index (Phi) is 7.34. The Morgan fingerprint density at radius 2 is 1.65 bits per heavy atom. The molecule has 1 saturated heterocycles. The van der Waals surface area contributed by atoms with Crippen molar-refractivity contribution in [3.05, 3.63) is 59.7 Å². The summed E-state index contributed by atoms with van der Waals surface area (Å²) in [5, 5.41) is 0. The lowest BCUT2D eigenvalue weighted by Crippen LogP contribution is -2.56. The van der Waals surface area contributed by atoms with Gasteiger partial charge in [-0.1, -0.05) is 45.0 Å². The first-order valence-electron chi connectivity index (χ1n) is 14.3. The van der Waals surface area contributed by atoms with Crippen LogP contribution < -0.4 is 4.31 Å². The number of carbonyl (C=O) groups is 2. The summed E-state index contributed by atoms with van der Waals surface area (Å²) >= 11 is 0. The number of esters is 1. The molecule has 2 aliphatic carbocycles. The van der Waals surface area contributed by atoms with Crippen LogP contribution in [0.3, 0.4) is 0 Å². The first-order chi connectivity index (χ1) is 19.9. The Hall–Kier alpha value is -3.28. The maximum Gasteiger partial charge on any atom is 0.424 e. The van der Waals surface area contributed by atoms with E-state index in [0.717, 1.165) is 11.1 Å². The maximum atomic E-state index is 14.5. The SMILES string of the molecule is CCOC(=O)N1C[C@]1(C(=O)O[C@@H]1[C@H](N(c2cc(C)cc(C)c2)S(=O)(=O)c2ccccc2)[C@H]2CC[C@]1(C)C2(C)C)C(F)(F)F. The minimum absolute atomic E-state index is 0.00686. The van der Waals surface area contributed by atoms with Crippen LogP contribution in [-0.2, 0) is 24.3 Å². The second-order valence-electron chi connectivity index (χ2n) is 12.7. The van der Waals surface area contributed by atoms with Crippen molar-refractivity contribution in [2.45, 2.75) is 83.1 Å². The second kappa shape index (κ2) is 10.1. The van der Waals surface area contributed by atoms with E-state index in [1.54, 1.807) is 30.3 Å². The third-order valence-corrected chi connectivity index (χ3v) is 11.9. The highest BCUT2D eigenvalue weighted by Crippen LogP contribution is 2.68. The average molecular weight is 623 g/mol. The summed E-state index contributed by atoms with van der Waals surface area (Å²) in [6, 6.07) is 12.1. The molecule has 3 fully saturated rings. The van der Waals surface area contributed by atoms with Crippen molar-refractivity contribution >= 4 is 27.8 Å². The lowest BCUT2D eigenvalue weighted by atomic mass is 9.70. The smallest absolute Gasteiger partial charge is 0.424 e. The molecule has 2 aromatic carbocycles. The molecular formula is C31H37F3N2O6S. The number of alkyl halides is 3. The molecule has 0 spiro atoms.